The van der Waals surface area contributed by atoms with Crippen LogP contribution in [0.25, 0.3) is 5.65 Å². The number of fused-ring (bicyclic) bond motifs is 1. The summed E-state index contributed by atoms with van der Waals surface area (Å²) in [7, 11) is 2.17. The molecule has 2 aromatic carbocycles. The normalized spacial score (nSPS) is 16.2. The van der Waals surface area contributed by atoms with E-state index in [9.17, 15) is 9.18 Å². The quantitative estimate of drug-likeness (QED) is 0.379. The van der Waals surface area contributed by atoms with Crippen LogP contribution in [0, 0.1) is 11.8 Å². The molecule has 2 aromatic heterocycles. The molecule has 0 radical (unpaired) electrons. The first-order valence-electron chi connectivity index (χ1n) is 13.4. The maximum absolute atomic E-state index is 13.7. The minimum Gasteiger partial charge on any atom is -0.322 e. The largest absolute Gasteiger partial charge is 0.322 e. The average Bonchev–Trinajstić information content (AvgIpc) is 3.73. The molecule has 2 fully saturated rings. The Balaban J connectivity index is 1.20. The van der Waals surface area contributed by atoms with Crippen LogP contribution >= 0.6 is 0 Å². The Hall–Kier alpha value is -4.06. The number of amides is 1. The molecule has 1 N–H and O–H groups in total. The van der Waals surface area contributed by atoms with E-state index < -0.39 is 6.67 Å². The highest BCUT2D eigenvalue weighted by molar-refractivity contribution is 6.04. The van der Waals surface area contributed by atoms with Crippen molar-refractivity contribution in [1.29, 1.82) is 0 Å². The van der Waals surface area contributed by atoms with Gasteiger partial charge in [-0.1, -0.05) is 24.1 Å². The van der Waals surface area contributed by atoms with Gasteiger partial charge >= 0.3 is 0 Å². The number of halogens is 1. The Bertz CT molecular complexity index is 1570. The topological polar surface area (TPSA) is 65.8 Å². The molecule has 0 unspecified atom stereocenters. The number of hydrogen-bond acceptors (Lipinski definition) is 5. The van der Waals surface area contributed by atoms with Crippen LogP contribution in [0.4, 0.5) is 10.1 Å². The van der Waals surface area contributed by atoms with Crippen LogP contribution in [-0.2, 0) is 13.2 Å². The van der Waals surface area contributed by atoms with Gasteiger partial charge in [0, 0.05) is 55.7 Å². The van der Waals surface area contributed by atoms with Crippen LogP contribution in [0.2, 0.25) is 0 Å². The van der Waals surface area contributed by atoms with Gasteiger partial charge in [-0.25, -0.2) is 4.39 Å². The number of carbonyl (C=O) groups excluding carboxylic acids is 1. The molecule has 1 aliphatic carbocycles. The number of alkyl halides is 1. The molecule has 39 heavy (non-hydrogen) atoms. The molecule has 198 valence electrons. The summed E-state index contributed by atoms with van der Waals surface area (Å²) in [6.45, 7) is 4.61. The van der Waals surface area contributed by atoms with E-state index in [4.69, 9.17) is 0 Å². The summed E-state index contributed by atoms with van der Waals surface area (Å²) in [5, 5.41) is 11.3. The number of rotatable bonds is 6. The van der Waals surface area contributed by atoms with Gasteiger partial charge < -0.3 is 10.2 Å². The SMILES string of the molecule is CN1CCN(Cc2ccc(NC(=O)c3ccc(CF)c(C#Cc4nnc5ccccn45)c3)cc2C2CC2)CC1. The summed E-state index contributed by atoms with van der Waals surface area (Å²) in [6.07, 6.45) is 4.22. The van der Waals surface area contributed by atoms with Crippen LogP contribution in [0.5, 0.6) is 0 Å². The zero-order valence-electron chi connectivity index (χ0n) is 22.0. The van der Waals surface area contributed by atoms with Crippen molar-refractivity contribution >= 4 is 17.2 Å². The van der Waals surface area contributed by atoms with E-state index in [1.54, 1.807) is 22.6 Å². The van der Waals surface area contributed by atoms with Crippen molar-refractivity contribution in [3.8, 4) is 11.8 Å². The zero-order valence-corrected chi connectivity index (χ0v) is 22.0. The highest BCUT2D eigenvalue weighted by Gasteiger charge is 2.27. The minimum absolute atomic E-state index is 0.245. The second-order valence-electron chi connectivity index (χ2n) is 10.4. The minimum atomic E-state index is -0.675. The van der Waals surface area contributed by atoms with Crippen molar-refractivity contribution in [3.05, 3.63) is 94.4 Å². The standard InChI is InChI=1S/C31H31FN6O/c1-36-14-16-37(17-15-36)21-26-9-11-27(19-28(26)22-5-6-22)33-31(39)24-7-8-25(20-32)23(18-24)10-12-30-35-34-29-4-2-3-13-38(29)30/h2-4,7-9,11,13,18-19,22H,5-6,14-17,20-21H2,1H3,(H,33,39). The Morgan fingerprint density at radius 2 is 1.82 bits per heavy atom. The number of hydrogen-bond donors (Lipinski definition) is 1. The number of carbonyl (C=O) groups is 1. The molecule has 1 saturated heterocycles. The lowest BCUT2D eigenvalue weighted by Crippen LogP contribution is -2.44. The van der Waals surface area contributed by atoms with Gasteiger partial charge in [0.1, 0.15) is 6.67 Å². The molecule has 1 saturated carbocycles. The number of pyridine rings is 1. The Morgan fingerprint density at radius 3 is 2.62 bits per heavy atom. The Morgan fingerprint density at radius 1 is 1.00 bits per heavy atom. The van der Waals surface area contributed by atoms with Gasteiger partial charge in [-0.3, -0.25) is 14.1 Å². The van der Waals surface area contributed by atoms with Gasteiger partial charge in [0.25, 0.3) is 5.91 Å². The fourth-order valence-electron chi connectivity index (χ4n) is 5.04. The number of nitrogens with one attached hydrogen (secondary N) is 1. The molecular weight excluding hydrogens is 491 g/mol. The van der Waals surface area contributed by atoms with E-state index in [0.29, 0.717) is 34.1 Å². The number of nitrogens with zero attached hydrogens (tertiary/aromatic N) is 5. The molecular formula is C31H31FN6O. The van der Waals surface area contributed by atoms with Crippen molar-refractivity contribution in [3.63, 3.8) is 0 Å². The number of anilines is 1. The van der Waals surface area contributed by atoms with Gasteiger partial charge in [0.15, 0.2) is 5.65 Å². The summed E-state index contributed by atoms with van der Waals surface area (Å²) in [5.41, 5.74) is 5.47. The maximum Gasteiger partial charge on any atom is 0.255 e. The third-order valence-electron chi connectivity index (χ3n) is 7.55. The van der Waals surface area contributed by atoms with E-state index in [1.807, 2.05) is 30.5 Å². The second-order valence-corrected chi connectivity index (χ2v) is 10.4. The van der Waals surface area contributed by atoms with E-state index in [-0.39, 0.29) is 5.91 Å². The van der Waals surface area contributed by atoms with E-state index >= 15 is 0 Å². The molecule has 1 amide bonds. The van der Waals surface area contributed by atoms with Gasteiger partial charge in [-0.15, -0.1) is 10.2 Å². The first kappa shape index (κ1) is 25.2. The molecule has 1 aliphatic heterocycles. The summed E-state index contributed by atoms with van der Waals surface area (Å²) >= 11 is 0. The first-order valence-corrected chi connectivity index (χ1v) is 13.4. The van der Waals surface area contributed by atoms with Gasteiger partial charge in [0.05, 0.1) is 0 Å². The molecule has 0 spiro atoms. The lowest BCUT2D eigenvalue weighted by atomic mass is 10.0. The highest BCUT2D eigenvalue weighted by Crippen LogP contribution is 2.43. The maximum atomic E-state index is 13.7. The molecule has 0 bridgehead atoms. The van der Waals surface area contributed by atoms with Gasteiger partial charge in [-0.05, 0) is 84.8 Å². The predicted molar refractivity (Wildman–Crippen MR) is 149 cm³/mol. The van der Waals surface area contributed by atoms with Gasteiger partial charge in [-0.2, -0.15) is 0 Å². The third kappa shape index (κ3) is 5.70. The average molecular weight is 523 g/mol. The van der Waals surface area contributed by atoms with Crippen LogP contribution in [-0.4, -0.2) is 63.5 Å². The molecule has 6 rings (SSSR count). The molecule has 7 nitrogen and oxygen atoms in total. The van der Waals surface area contributed by atoms with E-state index in [1.165, 1.54) is 24.0 Å². The van der Waals surface area contributed by atoms with Crippen LogP contribution < -0.4 is 5.32 Å². The number of benzene rings is 2. The van der Waals surface area contributed by atoms with E-state index in [0.717, 1.165) is 38.4 Å². The smallest absolute Gasteiger partial charge is 0.255 e. The molecule has 8 heteroatoms. The lowest BCUT2D eigenvalue weighted by molar-refractivity contribution is 0.102. The van der Waals surface area contributed by atoms with Gasteiger partial charge in [0.2, 0.25) is 5.82 Å². The monoisotopic (exact) mass is 522 g/mol. The predicted octanol–water partition coefficient (Wildman–Crippen LogP) is 4.48. The number of likely N-dealkylation sites (N-methyl/N-ethyl adjacent to an activating group) is 1. The van der Waals surface area contributed by atoms with Crippen molar-refractivity contribution < 1.29 is 9.18 Å². The zero-order chi connectivity index (χ0) is 26.8. The third-order valence-corrected chi connectivity index (χ3v) is 7.55. The van der Waals surface area contributed by atoms with Crippen LogP contribution in [0.15, 0.2) is 60.8 Å². The van der Waals surface area contributed by atoms with Crippen LogP contribution in [0.3, 0.4) is 0 Å². The Labute approximate surface area is 227 Å². The van der Waals surface area contributed by atoms with Crippen molar-refractivity contribution in [2.75, 3.05) is 38.5 Å². The summed E-state index contributed by atoms with van der Waals surface area (Å²) in [5.74, 6) is 6.76. The fourth-order valence-corrected chi connectivity index (χ4v) is 5.04. The number of aromatic nitrogens is 3. The molecule has 2 aliphatic rings. The molecule has 3 heterocycles. The summed E-state index contributed by atoms with van der Waals surface area (Å²) < 4.78 is 15.5. The van der Waals surface area contributed by atoms with Crippen molar-refractivity contribution in [2.45, 2.75) is 32.0 Å². The highest BCUT2D eigenvalue weighted by atomic mass is 19.1. The molecule has 0 atom stereocenters. The van der Waals surface area contributed by atoms with Crippen molar-refractivity contribution in [2.24, 2.45) is 0 Å². The summed E-state index contributed by atoms with van der Waals surface area (Å²) in [6, 6.07) is 16.8. The second kappa shape index (κ2) is 11.0. The Kier molecular flexibility index (Phi) is 7.10. The first-order chi connectivity index (χ1) is 19.1. The number of piperazine rings is 1. The van der Waals surface area contributed by atoms with Crippen LogP contribution in [0.1, 0.15) is 57.2 Å². The molecule has 4 aromatic rings. The summed E-state index contributed by atoms with van der Waals surface area (Å²) in [4.78, 5) is 18.1. The van der Waals surface area contributed by atoms with Crippen molar-refractivity contribution in [1.82, 2.24) is 24.4 Å². The van der Waals surface area contributed by atoms with E-state index in [2.05, 4.69) is 56.3 Å². The fraction of sp³-hybridized carbons (Fsp3) is 0.323. The lowest BCUT2D eigenvalue weighted by Gasteiger charge is -2.32.